The molecular formula is C17H22N4O3. The molecule has 2 aliphatic heterocycles. The van der Waals surface area contributed by atoms with E-state index in [4.69, 9.17) is 0 Å². The lowest BCUT2D eigenvalue weighted by molar-refractivity contribution is -0.136. The average Bonchev–Trinajstić information content (AvgIpc) is 2.89. The van der Waals surface area contributed by atoms with Crippen LogP contribution >= 0.6 is 0 Å². The molecule has 1 saturated heterocycles. The molecular weight excluding hydrogens is 308 g/mol. The number of carbonyl (C=O) groups is 3. The van der Waals surface area contributed by atoms with E-state index in [2.05, 4.69) is 16.0 Å². The zero-order valence-electron chi connectivity index (χ0n) is 13.7. The van der Waals surface area contributed by atoms with E-state index in [1.54, 1.807) is 11.0 Å². The number of nitrogens with zero attached hydrogens (tertiary/aromatic N) is 1. The Hall–Kier alpha value is -2.41. The summed E-state index contributed by atoms with van der Waals surface area (Å²) in [5.41, 5.74) is 2.50. The Morgan fingerprint density at radius 1 is 1.25 bits per heavy atom. The minimum absolute atomic E-state index is 0.140. The molecule has 0 spiro atoms. The first-order valence-corrected chi connectivity index (χ1v) is 8.27. The molecule has 3 rings (SSSR count). The molecule has 1 aromatic carbocycles. The number of fused-ring (bicyclic) bond motifs is 1. The lowest BCUT2D eigenvalue weighted by Crippen LogP contribution is -2.52. The first kappa shape index (κ1) is 16.4. The van der Waals surface area contributed by atoms with Crippen LogP contribution in [0.3, 0.4) is 0 Å². The molecule has 7 heteroatoms. The van der Waals surface area contributed by atoms with Crippen molar-refractivity contribution >= 4 is 23.4 Å². The second kappa shape index (κ2) is 7.00. The lowest BCUT2D eigenvalue weighted by atomic mass is 10.0. The van der Waals surface area contributed by atoms with Gasteiger partial charge < -0.3 is 15.5 Å². The summed E-state index contributed by atoms with van der Waals surface area (Å²) >= 11 is 0. The number of hydrogen-bond donors (Lipinski definition) is 3. The summed E-state index contributed by atoms with van der Waals surface area (Å²) < 4.78 is 0. The number of anilines is 1. The van der Waals surface area contributed by atoms with Crippen molar-refractivity contribution in [3.63, 3.8) is 0 Å². The van der Waals surface area contributed by atoms with Crippen molar-refractivity contribution < 1.29 is 14.4 Å². The second-order valence-electron chi connectivity index (χ2n) is 6.12. The predicted molar refractivity (Wildman–Crippen MR) is 89.5 cm³/mol. The normalized spacial score (nSPS) is 20.1. The standard InChI is InChI=1S/C17H22N4O3/c1-18-8-3-9-19-13-5-2-4-11-12(13)10-21(17(11)24)14-6-7-15(22)20-16(14)23/h2,4-5,14,18-19H,3,6-10H2,1H3,(H,20,22,23). The number of piperidine rings is 1. The molecule has 2 heterocycles. The minimum atomic E-state index is -0.570. The fourth-order valence-electron chi connectivity index (χ4n) is 3.24. The van der Waals surface area contributed by atoms with Crippen molar-refractivity contribution in [3.05, 3.63) is 29.3 Å². The van der Waals surface area contributed by atoms with Gasteiger partial charge in [-0.2, -0.15) is 0 Å². The van der Waals surface area contributed by atoms with Crippen molar-refractivity contribution in [2.75, 3.05) is 25.5 Å². The maximum absolute atomic E-state index is 12.7. The van der Waals surface area contributed by atoms with E-state index in [0.29, 0.717) is 18.5 Å². The molecule has 0 aliphatic carbocycles. The summed E-state index contributed by atoms with van der Waals surface area (Å²) in [5, 5.41) is 8.79. The van der Waals surface area contributed by atoms with Gasteiger partial charge in [0.15, 0.2) is 0 Å². The number of imide groups is 1. The molecule has 1 aromatic rings. The Labute approximate surface area is 140 Å². The van der Waals surface area contributed by atoms with Crippen LogP contribution in [0, 0.1) is 0 Å². The Bertz CT molecular complexity index is 674. The van der Waals surface area contributed by atoms with E-state index >= 15 is 0 Å². The van der Waals surface area contributed by atoms with Gasteiger partial charge in [0.25, 0.3) is 5.91 Å². The monoisotopic (exact) mass is 330 g/mol. The van der Waals surface area contributed by atoms with Crippen LogP contribution in [-0.4, -0.2) is 48.8 Å². The first-order chi connectivity index (χ1) is 11.6. The maximum atomic E-state index is 12.7. The number of nitrogens with one attached hydrogen (secondary N) is 3. The van der Waals surface area contributed by atoms with E-state index in [9.17, 15) is 14.4 Å². The highest BCUT2D eigenvalue weighted by molar-refractivity contribution is 6.06. The highest BCUT2D eigenvalue weighted by Crippen LogP contribution is 2.32. The van der Waals surface area contributed by atoms with Gasteiger partial charge in [-0.05, 0) is 38.6 Å². The molecule has 0 aromatic heterocycles. The molecule has 7 nitrogen and oxygen atoms in total. The smallest absolute Gasteiger partial charge is 0.255 e. The van der Waals surface area contributed by atoms with Crippen LogP contribution in [0.5, 0.6) is 0 Å². The van der Waals surface area contributed by atoms with Gasteiger partial charge in [0.05, 0.1) is 0 Å². The first-order valence-electron chi connectivity index (χ1n) is 8.27. The molecule has 3 amide bonds. The molecule has 2 aliphatic rings. The van der Waals surface area contributed by atoms with Crippen molar-refractivity contribution in [1.29, 1.82) is 0 Å². The Kier molecular flexibility index (Phi) is 4.80. The highest BCUT2D eigenvalue weighted by Gasteiger charge is 2.39. The van der Waals surface area contributed by atoms with Gasteiger partial charge in [-0.1, -0.05) is 6.07 Å². The highest BCUT2D eigenvalue weighted by atomic mass is 16.2. The van der Waals surface area contributed by atoms with Crippen LogP contribution < -0.4 is 16.0 Å². The van der Waals surface area contributed by atoms with Crippen LogP contribution in [0.15, 0.2) is 18.2 Å². The number of carbonyl (C=O) groups excluding carboxylic acids is 3. The quantitative estimate of drug-likeness (QED) is 0.521. The SMILES string of the molecule is CNCCCNc1cccc2c1CN(C1CCC(=O)NC1=O)C2=O. The van der Waals surface area contributed by atoms with Crippen LogP contribution in [0.4, 0.5) is 5.69 Å². The largest absolute Gasteiger partial charge is 0.385 e. The summed E-state index contributed by atoms with van der Waals surface area (Å²) in [4.78, 5) is 37.6. The van der Waals surface area contributed by atoms with Crippen LogP contribution in [0.1, 0.15) is 35.2 Å². The van der Waals surface area contributed by atoms with Crippen LogP contribution in [0.25, 0.3) is 0 Å². The van der Waals surface area contributed by atoms with Gasteiger partial charge in [0, 0.05) is 36.3 Å². The second-order valence-corrected chi connectivity index (χ2v) is 6.12. The number of rotatable bonds is 6. The molecule has 1 fully saturated rings. The van der Waals surface area contributed by atoms with Crippen LogP contribution in [-0.2, 0) is 16.1 Å². The Morgan fingerprint density at radius 2 is 2.08 bits per heavy atom. The van der Waals surface area contributed by atoms with Gasteiger partial charge in [0.1, 0.15) is 6.04 Å². The van der Waals surface area contributed by atoms with Crippen molar-refractivity contribution in [3.8, 4) is 0 Å². The fraction of sp³-hybridized carbons (Fsp3) is 0.471. The topological polar surface area (TPSA) is 90.5 Å². The van der Waals surface area contributed by atoms with E-state index in [0.717, 1.165) is 30.8 Å². The minimum Gasteiger partial charge on any atom is -0.385 e. The van der Waals surface area contributed by atoms with Gasteiger partial charge in [-0.25, -0.2) is 0 Å². The molecule has 128 valence electrons. The molecule has 1 atom stereocenters. The Morgan fingerprint density at radius 3 is 2.83 bits per heavy atom. The summed E-state index contributed by atoms with van der Waals surface area (Å²) in [6.45, 7) is 2.13. The predicted octanol–water partition coefficient (Wildman–Crippen LogP) is 0.469. The number of amides is 3. The summed E-state index contributed by atoms with van der Waals surface area (Å²) in [7, 11) is 1.91. The van der Waals surface area contributed by atoms with Gasteiger partial charge in [-0.15, -0.1) is 0 Å². The zero-order valence-corrected chi connectivity index (χ0v) is 13.7. The van der Waals surface area contributed by atoms with Gasteiger partial charge in [-0.3, -0.25) is 19.7 Å². The summed E-state index contributed by atoms with van der Waals surface area (Å²) in [5.74, 6) is -0.790. The summed E-state index contributed by atoms with van der Waals surface area (Å²) in [6, 6.07) is 5.03. The Balaban J connectivity index is 1.75. The van der Waals surface area contributed by atoms with Crippen molar-refractivity contribution in [1.82, 2.24) is 15.5 Å². The molecule has 0 saturated carbocycles. The third-order valence-electron chi connectivity index (χ3n) is 4.50. The third kappa shape index (κ3) is 3.12. The number of benzene rings is 1. The van der Waals surface area contributed by atoms with Crippen LogP contribution in [0.2, 0.25) is 0 Å². The maximum Gasteiger partial charge on any atom is 0.255 e. The number of hydrogen-bond acceptors (Lipinski definition) is 5. The molecule has 0 radical (unpaired) electrons. The van der Waals surface area contributed by atoms with Gasteiger partial charge in [0.2, 0.25) is 11.8 Å². The van der Waals surface area contributed by atoms with E-state index in [-0.39, 0.29) is 24.1 Å². The van der Waals surface area contributed by atoms with E-state index in [1.165, 1.54) is 0 Å². The molecule has 3 N–H and O–H groups in total. The average molecular weight is 330 g/mol. The third-order valence-corrected chi connectivity index (χ3v) is 4.50. The van der Waals surface area contributed by atoms with E-state index < -0.39 is 6.04 Å². The lowest BCUT2D eigenvalue weighted by Gasteiger charge is -2.29. The molecule has 0 bridgehead atoms. The van der Waals surface area contributed by atoms with Crippen molar-refractivity contribution in [2.24, 2.45) is 0 Å². The zero-order chi connectivity index (χ0) is 17.1. The molecule has 1 unspecified atom stereocenters. The van der Waals surface area contributed by atoms with Gasteiger partial charge >= 0.3 is 0 Å². The molecule has 24 heavy (non-hydrogen) atoms. The fourth-order valence-corrected chi connectivity index (χ4v) is 3.24. The van der Waals surface area contributed by atoms with Crippen molar-refractivity contribution in [2.45, 2.75) is 31.8 Å². The van der Waals surface area contributed by atoms with E-state index in [1.807, 2.05) is 19.2 Å². The summed E-state index contributed by atoms with van der Waals surface area (Å²) in [6.07, 6.45) is 1.63.